The van der Waals surface area contributed by atoms with Gasteiger partial charge in [-0.1, -0.05) is 18.9 Å². The lowest BCUT2D eigenvalue weighted by molar-refractivity contribution is 0.0927. The van der Waals surface area contributed by atoms with E-state index in [2.05, 4.69) is 29.7 Å². The molecule has 1 aliphatic carbocycles. The number of benzene rings is 1. The predicted molar refractivity (Wildman–Crippen MR) is 80.7 cm³/mol. The van der Waals surface area contributed by atoms with Gasteiger partial charge in [0.1, 0.15) is 0 Å². The van der Waals surface area contributed by atoms with E-state index in [4.69, 9.17) is 0 Å². The second kappa shape index (κ2) is 5.96. The second-order valence-corrected chi connectivity index (χ2v) is 6.22. The average Bonchev–Trinajstić information content (AvgIpc) is 3.01. The number of amides is 1. The maximum absolute atomic E-state index is 12.4. The molecule has 3 rings (SSSR count). The van der Waals surface area contributed by atoms with Gasteiger partial charge in [-0.15, -0.1) is 0 Å². The number of carbonyl (C=O) groups is 1. The van der Waals surface area contributed by atoms with Gasteiger partial charge in [0.15, 0.2) is 0 Å². The van der Waals surface area contributed by atoms with Crippen LogP contribution < -0.4 is 10.6 Å². The lowest BCUT2D eigenvalue weighted by atomic mass is 9.97. The summed E-state index contributed by atoms with van der Waals surface area (Å²) in [5.41, 5.74) is 3.46. The molecule has 2 aliphatic rings. The molecule has 1 aromatic carbocycles. The number of fused-ring (bicyclic) bond motifs is 1. The molecule has 3 heteroatoms. The molecule has 1 aliphatic heterocycles. The molecule has 0 spiro atoms. The highest BCUT2D eigenvalue weighted by Crippen LogP contribution is 2.27. The summed E-state index contributed by atoms with van der Waals surface area (Å²) in [4.78, 5) is 12.4. The molecule has 20 heavy (non-hydrogen) atoms. The van der Waals surface area contributed by atoms with Crippen LogP contribution in [0.25, 0.3) is 0 Å². The summed E-state index contributed by atoms with van der Waals surface area (Å²) >= 11 is 0. The maximum atomic E-state index is 12.4. The molecule has 0 aromatic heterocycles. The SMILES string of the molecule is CC(NC(=O)c1ccc2c(c1)CNCC2)C1CCCC1. The summed E-state index contributed by atoms with van der Waals surface area (Å²) in [6.45, 7) is 4.07. The Kier molecular flexibility index (Phi) is 4.06. The number of hydrogen-bond donors (Lipinski definition) is 2. The van der Waals surface area contributed by atoms with Gasteiger partial charge < -0.3 is 10.6 Å². The van der Waals surface area contributed by atoms with Gasteiger partial charge in [-0.2, -0.15) is 0 Å². The predicted octanol–water partition coefficient (Wildman–Crippen LogP) is 2.64. The number of nitrogens with one attached hydrogen (secondary N) is 2. The molecule has 0 bridgehead atoms. The van der Waals surface area contributed by atoms with Crippen LogP contribution >= 0.6 is 0 Å². The molecular weight excluding hydrogens is 248 g/mol. The highest BCUT2D eigenvalue weighted by molar-refractivity contribution is 5.94. The molecule has 2 N–H and O–H groups in total. The zero-order chi connectivity index (χ0) is 13.9. The van der Waals surface area contributed by atoms with Gasteiger partial charge in [0.2, 0.25) is 0 Å². The summed E-state index contributed by atoms with van der Waals surface area (Å²) < 4.78 is 0. The van der Waals surface area contributed by atoms with E-state index in [1.807, 2.05) is 6.07 Å². The molecule has 1 heterocycles. The van der Waals surface area contributed by atoms with Crippen molar-refractivity contribution < 1.29 is 4.79 Å². The summed E-state index contributed by atoms with van der Waals surface area (Å²) in [5.74, 6) is 0.746. The Hall–Kier alpha value is -1.35. The summed E-state index contributed by atoms with van der Waals surface area (Å²) in [5, 5.41) is 6.55. The molecular formula is C17H24N2O. The third-order valence-corrected chi connectivity index (χ3v) is 4.82. The van der Waals surface area contributed by atoms with E-state index in [1.54, 1.807) is 0 Å². The highest BCUT2D eigenvalue weighted by Gasteiger charge is 2.23. The molecule has 0 radical (unpaired) electrons. The van der Waals surface area contributed by atoms with Gasteiger partial charge in [0.05, 0.1) is 0 Å². The minimum absolute atomic E-state index is 0.0813. The topological polar surface area (TPSA) is 41.1 Å². The molecule has 1 aromatic rings. The van der Waals surface area contributed by atoms with Crippen molar-refractivity contribution in [2.75, 3.05) is 6.54 Å². The molecule has 3 nitrogen and oxygen atoms in total. The van der Waals surface area contributed by atoms with E-state index in [-0.39, 0.29) is 5.91 Å². The van der Waals surface area contributed by atoms with Crippen LogP contribution in [0.2, 0.25) is 0 Å². The Morgan fingerprint density at radius 3 is 2.90 bits per heavy atom. The minimum Gasteiger partial charge on any atom is -0.349 e. The molecule has 0 saturated heterocycles. The fraction of sp³-hybridized carbons (Fsp3) is 0.588. The Morgan fingerprint density at radius 1 is 1.30 bits per heavy atom. The minimum atomic E-state index is 0.0813. The van der Waals surface area contributed by atoms with Gasteiger partial charge in [-0.25, -0.2) is 0 Å². The molecule has 1 saturated carbocycles. The number of hydrogen-bond acceptors (Lipinski definition) is 2. The van der Waals surface area contributed by atoms with Gasteiger partial charge in [0.25, 0.3) is 5.91 Å². The Labute approximate surface area is 121 Å². The van der Waals surface area contributed by atoms with Crippen molar-refractivity contribution in [3.8, 4) is 0 Å². The summed E-state index contributed by atoms with van der Waals surface area (Å²) in [7, 11) is 0. The summed E-state index contributed by atoms with van der Waals surface area (Å²) in [6.07, 6.45) is 6.21. The Morgan fingerprint density at radius 2 is 2.10 bits per heavy atom. The lowest BCUT2D eigenvalue weighted by Gasteiger charge is -2.21. The van der Waals surface area contributed by atoms with Crippen molar-refractivity contribution in [1.82, 2.24) is 10.6 Å². The Balaban J connectivity index is 1.67. The smallest absolute Gasteiger partial charge is 0.251 e. The van der Waals surface area contributed by atoms with E-state index >= 15 is 0 Å². The van der Waals surface area contributed by atoms with E-state index in [9.17, 15) is 4.79 Å². The van der Waals surface area contributed by atoms with Crippen molar-refractivity contribution in [2.24, 2.45) is 5.92 Å². The third kappa shape index (κ3) is 2.88. The van der Waals surface area contributed by atoms with Gasteiger partial charge >= 0.3 is 0 Å². The van der Waals surface area contributed by atoms with E-state index < -0.39 is 0 Å². The fourth-order valence-corrected chi connectivity index (χ4v) is 3.49. The molecule has 1 atom stereocenters. The van der Waals surface area contributed by atoms with Gasteiger partial charge in [0, 0.05) is 18.2 Å². The third-order valence-electron chi connectivity index (χ3n) is 4.82. The lowest BCUT2D eigenvalue weighted by Crippen LogP contribution is -2.37. The van der Waals surface area contributed by atoms with Crippen molar-refractivity contribution in [3.63, 3.8) is 0 Å². The van der Waals surface area contributed by atoms with Crippen molar-refractivity contribution in [3.05, 3.63) is 34.9 Å². The first-order valence-corrected chi connectivity index (χ1v) is 7.87. The normalized spacial score (nSPS) is 20.4. The van der Waals surface area contributed by atoms with Crippen LogP contribution in [0.1, 0.15) is 54.1 Å². The van der Waals surface area contributed by atoms with Crippen LogP contribution in [0.3, 0.4) is 0 Å². The van der Waals surface area contributed by atoms with E-state index in [0.29, 0.717) is 12.0 Å². The van der Waals surface area contributed by atoms with E-state index in [0.717, 1.165) is 25.1 Å². The van der Waals surface area contributed by atoms with Crippen LogP contribution in [-0.2, 0) is 13.0 Å². The largest absolute Gasteiger partial charge is 0.349 e. The van der Waals surface area contributed by atoms with Crippen molar-refractivity contribution >= 4 is 5.91 Å². The quantitative estimate of drug-likeness (QED) is 0.888. The average molecular weight is 272 g/mol. The van der Waals surface area contributed by atoms with Crippen LogP contribution in [-0.4, -0.2) is 18.5 Å². The first-order chi connectivity index (χ1) is 9.74. The maximum Gasteiger partial charge on any atom is 0.251 e. The number of carbonyl (C=O) groups excluding carboxylic acids is 1. The molecule has 1 fully saturated rings. The van der Waals surface area contributed by atoms with Crippen LogP contribution in [0.15, 0.2) is 18.2 Å². The van der Waals surface area contributed by atoms with Crippen LogP contribution in [0.5, 0.6) is 0 Å². The van der Waals surface area contributed by atoms with Gasteiger partial charge in [-0.05, 0) is 61.9 Å². The van der Waals surface area contributed by atoms with Gasteiger partial charge in [-0.3, -0.25) is 4.79 Å². The van der Waals surface area contributed by atoms with Crippen LogP contribution in [0.4, 0.5) is 0 Å². The second-order valence-electron chi connectivity index (χ2n) is 6.22. The summed E-state index contributed by atoms with van der Waals surface area (Å²) in [6, 6.07) is 6.43. The standard InChI is InChI=1S/C17H24N2O/c1-12(13-4-2-3-5-13)19-17(20)15-7-6-14-8-9-18-11-16(14)10-15/h6-7,10,12-13,18H,2-5,8-9,11H2,1H3,(H,19,20). The molecule has 1 amide bonds. The molecule has 108 valence electrons. The first-order valence-electron chi connectivity index (χ1n) is 7.87. The fourth-order valence-electron chi connectivity index (χ4n) is 3.49. The zero-order valence-electron chi connectivity index (χ0n) is 12.2. The highest BCUT2D eigenvalue weighted by atomic mass is 16.1. The Bertz CT molecular complexity index is 492. The number of rotatable bonds is 3. The molecule has 1 unspecified atom stereocenters. The van der Waals surface area contributed by atoms with Crippen molar-refractivity contribution in [1.29, 1.82) is 0 Å². The van der Waals surface area contributed by atoms with Crippen molar-refractivity contribution in [2.45, 2.75) is 51.6 Å². The van der Waals surface area contributed by atoms with Crippen LogP contribution in [0, 0.1) is 5.92 Å². The zero-order valence-corrected chi connectivity index (χ0v) is 12.2. The van der Waals surface area contributed by atoms with E-state index in [1.165, 1.54) is 36.8 Å². The monoisotopic (exact) mass is 272 g/mol. The first kappa shape index (κ1) is 13.6.